The van der Waals surface area contributed by atoms with E-state index < -0.39 is 21.7 Å². The first kappa shape index (κ1) is 23.6. The van der Waals surface area contributed by atoms with Gasteiger partial charge in [-0.15, -0.1) is 0 Å². The van der Waals surface area contributed by atoms with Crippen molar-refractivity contribution >= 4 is 16.0 Å². The van der Waals surface area contributed by atoms with Gasteiger partial charge in [-0.1, -0.05) is 12.1 Å². The summed E-state index contributed by atoms with van der Waals surface area (Å²) in [4.78, 5) is 11.4. The van der Waals surface area contributed by atoms with Gasteiger partial charge < -0.3 is 14.2 Å². The fourth-order valence-corrected chi connectivity index (χ4v) is 4.71. The van der Waals surface area contributed by atoms with Gasteiger partial charge in [0.2, 0.25) is 10.0 Å². The maximum absolute atomic E-state index is 12.4. The van der Waals surface area contributed by atoms with Crippen LogP contribution in [0.2, 0.25) is 0 Å². The number of ether oxygens (including phenoxy) is 3. The van der Waals surface area contributed by atoms with Gasteiger partial charge in [-0.25, -0.2) is 8.42 Å². The molecule has 8 nitrogen and oxygen atoms in total. The van der Waals surface area contributed by atoms with Crippen molar-refractivity contribution in [1.82, 2.24) is 4.31 Å². The molecule has 9 heteroatoms. The molecule has 0 bridgehead atoms. The summed E-state index contributed by atoms with van der Waals surface area (Å²) in [6.45, 7) is 4.59. The SMILES string of the molecule is COC(=O)CS(=O)(=O)N1CCc2cc(OCc3ccc(OC(C)C)c(C#N)c3)ccc2C1. The number of fused-ring (bicyclic) bond motifs is 1. The van der Waals surface area contributed by atoms with E-state index in [1.807, 2.05) is 32.0 Å². The molecule has 1 aliphatic heterocycles. The van der Waals surface area contributed by atoms with Crippen molar-refractivity contribution in [3.63, 3.8) is 0 Å². The highest BCUT2D eigenvalue weighted by Crippen LogP contribution is 2.27. The van der Waals surface area contributed by atoms with E-state index >= 15 is 0 Å². The van der Waals surface area contributed by atoms with Crippen molar-refractivity contribution in [2.45, 2.75) is 39.5 Å². The minimum Gasteiger partial charge on any atom is -0.490 e. The number of carbonyl (C=O) groups is 1. The number of methoxy groups -OCH3 is 1. The molecule has 0 spiro atoms. The van der Waals surface area contributed by atoms with E-state index in [-0.39, 0.29) is 19.3 Å². The third kappa shape index (κ3) is 5.78. The molecule has 2 aromatic rings. The molecular weight excluding hydrogens is 432 g/mol. The van der Waals surface area contributed by atoms with E-state index in [9.17, 15) is 18.5 Å². The third-order valence-electron chi connectivity index (χ3n) is 5.01. The van der Waals surface area contributed by atoms with Crippen molar-refractivity contribution < 1.29 is 27.4 Å². The van der Waals surface area contributed by atoms with E-state index in [2.05, 4.69) is 10.8 Å². The quantitative estimate of drug-likeness (QED) is 0.560. The van der Waals surface area contributed by atoms with Gasteiger partial charge in [0.25, 0.3) is 0 Å². The van der Waals surface area contributed by atoms with Gasteiger partial charge in [-0.05, 0) is 61.2 Å². The maximum Gasteiger partial charge on any atom is 0.322 e. The average Bonchev–Trinajstić information content (AvgIpc) is 2.77. The Morgan fingerprint density at radius 3 is 2.66 bits per heavy atom. The number of sulfonamides is 1. The normalized spacial score (nSPS) is 13.8. The lowest BCUT2D eigenvalue weighted by molar-refractivity contribution is -0.137. The Morgan fingerprint density at radius 2 is 1.97 bits per heavy atom. The van der Waals surface area contributed by atoms with Crippen LogP contribution in [-0.2, 0) is 39.1 Å². The summed E-state index contributed by atoms with van der Waals surface area (Å²) < 4.78 is 42.1. The molecule has 2 aromatic carbocycles. The zero-order valence-electron chi connectivity index (χ0n) is 18.3. The van der Waals surface area contributed by atoms with E-state index in [0.29, 0.717) is 30.0 Å². The number of nitrogens with zero attached hydrogens (tertiary/aromatic N) is 2. The lowest BCUT2D eigenvalue weighted by atomic mass is 10.0. The molecule has 0 unspecified atom stereocenters. The molecule has 3 rings (SSSR count). The molecule has 32 heavy (non-hydrogen) atoms. The summed E-state index contributed by atoms with van der Waals surface area (Å²) in [6.07, 6.45) is 0.498. The second-order valence-electron chi connectivity index (χ2n) is 7.74. The van der Waals surface area contributed by atoms with E-state index in [1.54, 1.807) is 18.2 Å². The largest absolute Gasteiger partial charge is 0.490 e. The summed E-state index contributed by atoms with van der Waals surface area (Å²) >= 11 is 0. The number of carbonyl (C=O) groups excluding carboxylic acids is 1. The van der Waals surface area contributed by atoms with Crippen molar-refractivity contribution in [3.05, 3.63) is 58.7 Å². The molecule has 0 aliphatic carbocycles. The number of esters is 1. The smallest absolute Gasteiger partial charge is 0.322 e. The van der Waals surface area contributed by atoms with Crippen LogP contribution >= 0.6 is 0 Å². The predicted molar refractivity (Wildman–Crippen MR) is 118 cm³/mol. The number of nitriles is 1. The summed E-state index contributed by atoms with van der Waals surface area (Å²) in [6, 6.07) is 13.1. The van der Waals surface area contributed by atoms with Crippen LogP contribution in [0, 0.1) is 11.3 Å². The van der Waals surface area contributed by atoms with Gasteiger partial charge in [0.1, 0.15) is 24.2 Å². The van der Waals surface area contributed by atoms with Crippen LogP contribution in [0.4, 0.5) is 0 Å². The number of benzene rings is 2. The number of hydrogen-bond donors (Lipinski definition) is 0. The highest BCUT2D eigenvalue weighted by atomic mass is 32.2. The Labute approximate surface area is 188 Å². The molecule has 0 saturated carbocycles. The monoisotopic (exact) mass is 458 g/mol. The fourth-order valence-electron chi connectivity index (χ4n) is 3.41. The lowest BCUT2D eigenvalue weighted by Gasteiger charge is -2.28. The predicted octanol–water partition coefficient (Wildman–Crippen LogP) is 2.79. The molecular formula is C23H26N2O6S. The second kappa shape index (κ2) is 10.0. The molecule has 0 aromatic heterocycles. The first-order valence-electron chi connectivity index (χ1n) is 10.2. The minimum absolute atomic E-state index is 0.0222. The van der Waals surface area contributed by atoms with Crippen molar-refractivity contribution in [2.75, 3.05) is 19.4 Å². The molecule has 0 radical (unpaired) electrons. The minimum atomic E-state index is -3.72. The zero-order valence-corrected chi connectivity index (χ0v) is 19.1. The lowest BCUT2D eigenvalue weighted by Crippen LogP contribution is -2.39. The first-order valence-corrected chi connectivity index (χ1v) is 11.8. The Bertz CT molecular complexity index is 1140. The Kier molecular flexibility index (Phi) is 7.38. The molecule has 1 aliphatic rings. The number of hydrogen-bond acceptors (Lipinski definition) is 7. The van der Waals surface area contributed by atoms with Gasteiger partial charge in [0.15, 0.2) is 5.75 Å². The van der Waals surface area contributed by atoms with Crippen LogP contribution in [0.5, 0.6) is 11.5 Å². The van der Waals surface area contributed by atoms with Crippen LogP contribution < -0.4 is 9.47 Å². The molecule has 0 fully saturated rings. The summed E-state index contributed by atoms with van der Waals surface area (Å²) in [5.74, 6) is -0.226. The molecule has 170 valence electrons. The molecule has 0 atom stereocenters. The molecule has 0 saturated heterocycles. The van der Waals surface area contributed by atoms with Gasteiger partial charge in [-0.2, -0.15) is 9.57 Å². The highest BCUT2D eigenvalue weighted by Gasteiger charge is 2.29. The number of rotatable bonds is 8. The summed E-state index contributed by atoms with van der Waals surface area (Å²) in [5.41, 5.74) is 3.18. The zero-order chi connectivity index (χ0) is 23.3. The van der Waals surface area contributed by atoms with Crippen LogP contribution in [-0.4, -0.2) is 44.2 Å². The maximum atomic E-state index is 12.4. The Balaban J connectivity index is 1.66. The molecule has 0 N–H and O–H groups in total. The van der Waals surface area contributed by atoms with Crippen molar-refractivity contribution in [2.24, 2.45) is 0 Å². The summed E-state index contributed by atoms with van der Waals surface area (Å²) in [7, 11) is -2.55. The van der Waals surface area contributed by atoms with Crippen LogP contribution in [0.15, 0.2) is 36.4 Å². The van der Waals surface area contributed by atoms with Crippen molar-refractivity contribution in [3.8, 4) is 17.6 Å². The van der Waals surface area contributed by atoms with Gasteiger partial charge in [0, 0.05) is 13.1 Å². The highest BCUT2D eigenvalue weighted by molar-refractivity contribution is 7.89. The Hall–Kier alpha value is -3.09. The van der Waals surface area contributed by atoms with Gasteiger partial charge >= 0.3 is 5.97 Å². The topological polar surface area (TPSA) is 106 Å². The third-order valence-corrected chi connectivity index (χ3v) is 6.71. The van der Waals surface area contributed by atoms with E-state index in [0.717, 1.165) is 16.7 Å². The second-order valence-corrected chi connectivity index (χ2v) is 9.71. The first-order chi connectivity index (χ1) is 15.2. The van der Waals surface area contributed by atoms with E-state index in [1.165, 1.54) is 11.4 Å². The van der Waals surface area contributed by atoms with Crippen LogP contribution in [0.3, 0.4) is 0 Å². The van der Waals surface area contributed by atoms with Crippen LogP contribution in [0.25, 0.3) is 0 Å². The summed E-state index contributed by atoms with van der Waals surface area (Å²) in [5, 5.41) is 9.37. The van der Waals surface area contributed by atoms with Crippen LogP contribution in [0.1, 0.15) is 36.1 Å². The fraction of sp³-hybridized carbons (Fsp3) is 0.391. The molecule has 1 heterocycles. The Morgan fingerprint density at radius 1 is 1.19 bits per heavy atom. The average molecular weight is 459 g/mol. The van der Waals surface area contributed by atoms with E-state index in [4.69, 9.17) is 9.47 Å². The van der Waals surface area contributed by atoms with Gasteiger partial charge in [-0.3, -0.25) is 4.79 Å². The van der Waals surface area contributed by atoms with Crippen molar-refractivity contribution in [1.29, 1.82) is 5.26 Å². The standard InChI is InChI=1S/C23H26N2O6S/c1-16(2)31-22-7-4-17(10-20(22)12-24)14-30-21-6-5-19-13-25(9-8-18(19)11-21)32(27,28)15-23(26)29-3/h4-7,10-11,16H,8-9,13-15H2,1-3H3. The van der Waals surface area contributed by atoms with Gasteiger partial charge in [0.05, 0.1) is 18.8 Å². The molecule has 0 amide bonds.